The van der Waals surface area contributed by atoms with Crippen molar-refractivity contribution in [2.45, 2.75) is 69.2 Å². The molecule has 1 N–H and O–H groups in total. The highest BCUT2D eigenvalue weighted by Gasteiger charge is 2.40. The average Bonchev–Trinajstić information content (AvgIpc) is 3.19. The van der Waals surface area contributed by atoms with Crippen LogP contribution in [-0.2, 0) is 9.53 Å². The van der Waals surface area contributed by atoms with Crippen molar-refractivity contribution in [1.82, 2.24) is 5.32 Å². The van der Waals surface area contributed by atoms with E-state index in [4.69, 9.17) is 4.74 Å². The van der Waals surface area contributed by atoms with Crippen LogP contribution in [0.25, 0.3) is 0 Å². The van der Waals surface area contributed by atoms with Gasteiger partial charge in [-0.2, -0.15) is 11.8 Å². The molecular weight excluding hydrogens is 258 g/mol. The van der Waals surface area contributed by atoms with Gasteiger partial charge in [0.1, 0.15) is 5.54 Å². The van der Waals surface area contributed by atoms with E-state index in [1.54, 1.807) is 0 Å². The Balaban J connectivity index is 1.86. The van der Waals surface area contributed by atoms with Crippen molar-refractivity contribution in [3.8, 4) is 0 Å². The van der Waals surface area contributed by atoms with Gasteiger partial charge in [0.05, 0.1) is 7.11 Å². The van der Waals surface area contributed by atoms with E-state index in [-0.39, 0.29) is 5.97 Å². The molecule has 0 radical (unpaired) electrons. The molecule has 0 aliphatic heterocycles. The van der Waals surface area contributed by atoms with Crippen molar-refractivity contribution < 1.29 is 9.53 Å². The second-order valence-corrected chi connectivity index (χ2v) is 7.74. The third-order valence-corrected chi connectivity index (χ3v) is 5.88. The first-order valence-corrected chi connectivity index (χ1v) is 8.56. The summed E-state index contributed by atoms with van der Waals surface area (Å²) in [4.78, 5) is 12.0. The van der Waals surface area contributed by atoms with E-state index in [0.29, 0.717) is 11.3 Å². The van der Waals surface area contributed by atoms with Crippen molar-refractivity contribution in [3.63, 3.8) is 0 Å². The molecule has 4 heteroatoms. The third kappa shape index (κ3) is 4.38. The monoisotopic (exact) mass is 285 g/mol. The molecule has 3 unspecified atom stereocenters. The fourth-order valence-electron chi connectivity index (χ4n) is 2.88. The van der Waals surface area contributed by atoms with E-state index in [1.807, 2.05) is 18.7 Å². The van der Waals surface area contributed by atoms with E-state index in [9.17, 15) is 4.79 Å². The topological polar surface area (TPSA) is 38.3 Å². The van der Waals surface area contributed by atoms with Crippen molar-refractivity contribution in [2.75, 3.05) is 12.9 Å². The van der Waals surface area contributed by atoms with Gasteiger partial charge in [0, 0.05) is 17.0 Å². The lowest BCUT2D eigenvalue weighted by molar-refractivity contribution is -0.147. The minimum Gasteiger partial charge on any atom is -0.468 e. The molecule has 3 nitrogen and oxygen atoms in total. The second-order valence-electron chi connectivity index (χ2n) is 6.45. The normalized spacial score (nSPS) is 30.7. The van der Waals surface area contributed by atoms with E-state index in [1.165, 1.54) is 45.6 Å². The summed E-state index contributed by atoms with van der Waals surface area (Å²) in [5, 5.41) is 4.19. The van der Waals surface area contributed by atoms with Crippen molar-refractivity contribution in [1.29, 1.82) is 0 Å². The molecular formula is C15H27NO2S. The Morgan fingerprint density at radius 1 is 1.37 bits per heavy atom. The smallest absolute Gasteiger partial charge is 0.326 e. The quantitative estimate of drug-likeness (QED) is 0.761. The van der Waals surface area contributed by atoms with Gasteiger partial charge >= 0.3 is 5.97 Å². The Morgan fingerprint density at radius 3 is 2.68 bits per heavy atom. The third-order valence-electron chi connectivity index (χ3n) is 4.23. The Bertz CT molecular complexity index is 319. The molecule has 0 aromatic rings. The highest BCUT2D eigenvalue weighted by atomic mass is 32.2. The van der Waals surface area contributed by atoms with Gasteiger partial charge < -0.3 is 4.74 Å². The molecule has 0 aromatic carbocycles. The number of nitrogens with one attached hydrogen (secondary N) is 1. The molecule has 110 valence electrons. The fraction of sp³-hybridized carbons (Fsp3) is 0.933. The summed E-state index contributed by atoms with van der Waals surface area (Å²) < 4.78 is 4.99. The molecule has 0 aromatic heterocycles. The van der Waals surface area contributed by atoms with Crippen LogP contribution in [0.3, 0.4) is 0 Å². The predicted octanol–water partition coefficient (Wildman–Crippen LogP) is 2.98. The zero-order valence-corrected chi connectivity index (χ0v) is 13.2. The summed E-state index contributed by atoms with van der Waals surface area (Å²) >= 11 is 1.96. The zero-order chi connectivity index (χ0) is 13.9. The maximum atomic E-state index is 12.0. The van der Waals surface area contributed by atoms with E-state index >= 15 is 0 Å². The van der Waals surface area contributed by atoms with Crippen LogP contribution in [0.1, 0.15) is 52.4 Å². The number of carbonyl (C=O) groups excluding carboxylic acids is 1. The van der Waals surface area contributed by atoms with Gasteiger partial charge in [-0.25, -0.2) is 0 Å². The number of carbonyl (C=O) groups is 1. The summed E-state index contributed by atoms with van der Waals surface area (Å²) in [7, 11) is 1.49. The summed E-state index contributed by atoms with van der Waals surface area (Å²) in [6, 6.07) is 0.523. The number of thioether (sulfide) groups is 1. The molecule has 0 bridgehead atoms. The molecule has 19 heavy (non-hydrogen) atoms. The van der Waals surface area contributed by atoms with Gasteiger partial charge in [0.15, 0.2) is 0 Å². The van der Waals surface area contributed by atoms with Crippen molar-refractivity contribution >= 4 is 17.7 Å². The second kappa shape index (κ2) is 6.49. The Labute approximate surface area is 121 Å². The molecule has 2 saturated carbocycles. The lowest BCUT2D eigenvalue weighted by Gasteiger charge is -2.32. The highest BCUT2D eigenvalue weighted by molar-refractivity contribution is 8.00. The van der Waals surface area contributed by atoms with Crippen molar-refractivity contribution in [2.24, 2.45) is 5.92 Å². The SMILES string of the molecule is COC(=O)C(C)(CSC1CCCC(C)C1)NC1CC1. The van der Waals surface area contributed by atoms with Gasteiger partial charge in [-0.1, -0.05) is 19.8 Å². The van der Waals surface area contributed by atoms with Gasteiger partial charge in [-0.15, -0.1) is 0 Å². The first kappa shape index (κ1) is 15.2. The fourth-order valence-corrected chi connectivity index (χ4v) is 4.45. The summed E-state index contributed by atoms with van der Waals surface area (Å²) in [6.45, 7) is 4.34. The molecule has 2 aliphatic carbocycles. The van der Waals surface area contributed by atoms with Gasteiger partial charge in [-0.05, 0) is 38.5 Å². The van der Waals surface area contributed by atoms with Crippen LogP contribution in [0.4, 0.5) is 0 Å². The summed E-state index contributed by atoms with van der Waals surface area (Å²) in [5.41, 5.74) is -0.513. The van der Waals surface area contributed by atoms with Crippen molar-refractivity contribution in [3.05, 3.63) is 0 Å². The van der Waals surface area contributed by atoms with Crippen LogP contribution < -0.4 is 5.32 Å². The Kier molecular flexibility index (Phi) is 5.18. The van der Waals surface area contributed by atoms with Gasteiger partial charge in [0.25, 0.3) is 0 Å². The lowest BCUT2D eigenvalue weighted by atomic mass is 9.91. The molecule has 0 saturated heterocycles. The number of ether oxygens (including phenoxy) is 1. The summed E-state index contributed by atoms with van der Waals surface area (Å²) in [6.07, 6.45) is 7.69. The van der Waals surface area contributed by atoms with Gasteiger partial charge in [0.2, 0.25) is 0 Å². The predicted molar refractivity (Wildman–Crippen MR) is 80.5 cm³/mol. The van der Waals surface area contributed by atoms with Crippen LogP contribution in [0.2, 0.25) is 0 Å². The minimum absolute atomic E-state index is 0.115. The van der Waals surface area contributed by atoms with E-state index in [2.05, 4.69) is 12.2 Å². The average molecular weight is 285 g/mol. The van der Waals surface area contributed by atoms with Crippen LogP contribution in [0.15, 0.2) is 0 Å². The first-order valence-electron chi connectivity index (χ1n) is 7.51. The zero-order valence-electron chi connectivity index (χ0n) is 12.4. The number of hydrogen-bond donors (Lipinski definition) is 1. The molecule has 0 heterocycles. The number of rotatable bonds is 6. The molecule has 2 aliphatic rings. The van der Waals surface area contributed by atoms with Crippen LogP contribution in [0, 0.1) is 5.92 Å². The van der Waals surface area contributed by atoms with Gasteiger partial charge in [-0.3, -0.25) is 10.1 Å². The highest BCUT2D eigenvalue weighted by Crippen LogP contribution is 2.34. The van der Waals surface area contributed by atoms with Crippen LogP contribution in [-0.4, -0.2) is 35.7 Å². The first-order chi connectivity index (χ1) is 9.03. The molecule has 2 rings (SSSR count). The maximum Gasteiger partial charge on any atom is 0.326 e. The molecule has 2 fully saturated rings. The minimum atomic E-state index is -0.513. The van der Waals surface area contributed by atoms with E-state index < -0.39 is 5.54 Å². The largest absolute Gasteiger partial charge is 0.468 e. The number of methoxy groups -OCH3 is 1. The Morgan fingerprint density at radius 2 is 2.11 bits per heavy atom. The number of hydrogen-bond acceptors (Lipinski definition) is 4. The molecule has 0 amide bonds. The van der Waals surface area contributed by atoms with Crippen LogP contribution >= 0.6 is 11.8 Å². The summed E-state index contributed by atoms with van der Waals surface area (Å²) in [5.74, 6) is 1.55. The Hall–Kier alpha value is -0.220. The maximum absolute atomic E-state index is 12.0. The number of esters is 1. The van der Waals surface area contributed by atoms with E-state index in [0.717, 1.165) is 11.7 Å². The molecule has 0 spiro atoms. The lowest BCUT2D eigenvalue weighted by Crippen LogP contribution is -2.53. The van der Waals surface area contributed by atoms with Crippen LogP contribution in [0.5, 0.6) is 0 Å². The standard InChI is InChI=1S/C15H27NO2S/c1-11-5-4-6-13(9-11)19-10-15(2,14(17)18-3)16-12-7-8-12/h11-13,16H,4-10H2,1-3H3. The molecule has 3 atom stereocenters.